The second-order valence-corrected chi connectivity index (χ2v) is 8.01. The summed E-state index contributed by atoms with van der Waals surface area (Å²) in [6.45, 7) is 4.78. The van der Waals surface area contributed by atoms with Crippen LogP contribution in [0.25, 0.3) is 0 Å². The van der Waals surface area contributed by atoms with E-state index < -0.39 is 0 Å². The second-order valence-electron chi connectivity index (χ2n) is 8.01. The summed E-state index contributed by atoms with van der Waals surface area (Å²) in [4.78, 5) is 4.26. The highest BCUT2D eigenvalue weighted by atomic mass is 16.5. The number of hydroxylamine groups is 3. The van der Waals surface area contributed by atoms with Gasteiger partial charge in [0, 0.05) is 6.42 Å². The lowest BCUT2D eigenvalue weighted by molar-refractivity contribution is -0.729. The Morgan fingerprint density at radius 3 is 1.54 bits per heavy atom. The number of quaternary nitrogens is 1. The standard InChI is InChI=1S/C23H44N2O/c1-3-5-6-7-8-9-10-11-12-13-14-15-16-17-18-19-20-23-24-21-22-25(23,26)4-2/h21-22H,3-20H2,1-2H3. The van der Waals surface area contributed by atoms with Crippen LogP contribution in [0.2, 0.25) is 0 Å². The van der Waals surface area contributed by atoms with Gasteiger partial charge in [0.05, 0.1) is 12.7 Å². The normalized spacial score (nSPS) is 19.3. The average Bonchev–Trinajstić information content (AvgIpc) is 3.02. The van der Waals surface area contributed by atoms with Gasteiger partial charge in [-0.25, -0.2) is 4.99 Å². The van der Waals surface area contributed by atoms with Gasteiger partial charge in [0.15, 0.2) is 0 Å². The Kier molecular flexibility index (Phi) is 13.8. The molecule has 3 heteroatoms. The monoisotopic (exact) mass is 364 g/mol. The molecule has 0 amide bonds. The van der Waals surface area contributed by atoms with Crippen molar-refractivity contribution in [2.45, 2.75) is 123 Å². The van der Waals surface area contributed by atoms with Gasteiger partial charge in [-0.15, -0.1) is 0 Å². The fourth-order valence-electron chi connectivity index (χ4n) is 3.78. The molecular weight excluding hydrogens is 320 g/mol. The molecule has 0 fully saturated rings. The molecule has 1 rings (SSSR count). The SMILES string of the molecule is CCCCCCCCCCCCCCCCCCC1=NC=C[N+]1([O-])CC. The molecule has 0 saturated carbocycles. The molecule has 0 N–H and O–H groups in total. The summed E-state index contributed by atoms with van der Waals surface area (Å²) in [5.41, 5.74) is 0. The summed E-state index contributed by atoms with van der Waals surface area (Å²) in [5, 5.41) is 12.3. The number of nitrogens with zero attached hydrogens (tertiary/aromatic N) is 2. The first-order valence-corrected chi connectivity index (χ1v) is 11.6. The summed E-state index contributed by atoms with van der Waals surface area (Å²) in [5.74, 6) is 0.804. The minimum absolute atomic E-state index is 0.321. The molecular formula is C23H44N2O. The van der Waals surface area contributed by atoms with Gasteiger partial charge in [-0.3, -0.25) is 4.65 Å². The third-order valence-electron chi connectivity index (χ3n) is 5.69. The fourth-order valence-corrected chi connectivity index (χ4v) is 3.78. The van der Waals surface area contributed by atoms with Crippen LogP contribution in [-0.4, -0.2) is 17.0 Å². The van der Waals surface area contributed by atoms with E-state index in [1.807, 2.05) is 6.92 Å². The highest BCUT2D eigenvalue weighted by Crippen LogP contribution is 2.19. The van der Waals surface area contributed by atoms with Crippen LogP contribution in [0.5, 0.6) is 0 Å². The van der Waals surface area contributed by atoms with Crippen LogP contribution in [-0.2, 0) is 0 Å². The van der Waals surface area contributed by atoms with Gasteiger partial charge in [-0.05, 0) is 13.3 Å². The van der Waals surface area contributed by atoms with Crippen LogP contribution in [0.3, 0.4) is 0 Å². The Morgan fingerprint density at radius 1 is 0.692 bits per heavy atom. The zero-order chi connectivity index (χ0) is 18.9. The van der Waals surface area contributed by atoms with Crippen molar-refractivity contribution < 1.29 is 4.65 Å². The van der Waals surface area contributed by atoms with E-state index in [0.29, 0.717) is 6.54 Å². The van der Waals surface area contributed by atoms with Crippen LogP contribution in [0, 0.1) is 5.21 Å². The maximum Gasteiger partial charge on any atom is 0.207 e. The molecule has 0 aromatic rings. The van der Waals surface area contributed by atoms with Crippen molar-refractivity contribution in [1.29, 1.82) is 0 Å². The summed E-state index contributed by atoms with van der Waals surface area (Å²) >= 11 is 0. The lowest BCUT2D eigenvalue weighted by Crippen LogP contribution is -2.40. The van der Waals surface area contributed by atoms with Gasteiger partial charge in [0.1, 0.15) is 6.20 Å². The van der Waals surface area contributed by atoms with E-state index in [0.717, 1.165) is 18.7 Å². The number of amidine groups is 1. The van der Waals surface area contributed by atoms with Crippen LogP contribution in [0.1, 0.15) is 123 Å². The lowest BCUT2D eigenvalue weighted by atomic mass is 10.0. The molecule has 0 radical (unpaired) electrons. The lowest BCUT2D eigenvalue weighted by Gasteiger charge is -2.34. The Bertz CT molecular complexity index is 392. The van der Waals surface area contributed by atoms with Gasteiger partial charge in [-0.1, -0.05) is 103 Å². The summed E-state index contributed by atoms with van der Waals surface area (Å²) in [7, 11) is 0. The molecule has 0 spiro atoms. The number of hydrogen-bond donors (Lipinski definition) is 0. The molecule has 0 aliphatic carbocycles. The van der Waals surface area contributed by atoms with Crippen molar-refractivity contribution in [2.75, 3.05) is 6.54 Å². The molecule has 1 aliphatic heterocycles. The average molecular weight is 365 g/mol. The second kappa shape index (κ2) is 15.4. The summed E-state index contributed by atoms with van der Waals surface area (Å²) in [6, 6.07) is 0. The van der Waals surface area contributed by atoms with Crippen molar-refractivity contribution >= 4 is 5.84 Å². The maximum absolute atomic E-state index is 12.3. The first-order valence-electron chi connectivity index (χ1n) is 11.6. The highest BCUT2D eigenvalue weighted by molar-refractivity contribution is 5.78. The number of aliphatic imine (C=N–C) groups is 1. The zero-order valence-corrected chi connectivity index (χ0v) is 17.7. The predicted molar refractivity (Wildman–Crippen MR) is 115 cm³/mol. The van der Waals surface area contributed by atoms with E-state index >= 15 is 0 Å². The van der Waals surface area contributed by atoms with Crippen molar-refractivity contribution in [3.8, 4) is 0 Å². The molecule has 1 heterocycles. The van der Waals surface area contributed by atoms with Gasteiger partial charge < -0.3 is 5.21 Å². The smallest absolute Gasteiger partial charge is 0.207 e. The molecule has 1 aliphatic rings. The Hall–Kier alpha value is -0.670. The van der Waals surface area contributed by atoms with E-state index in [9.17, 15) is 5.21 Å². The third kappa shape index (κ3) is 10.5. The van der Waals surface area contributed by atoms with Gasteiger partial charge >= 0.3 is 0 Å². The predicted octanol–water partition coefficient (Wildman–Crippen LogP) is 7.86. The van der Waals surface area contributed by atoms with E-state index in [4.69, 9.17) is 0 Å². The van der Waals surface area contributed by atoms with Crippen LogP contribution >= 0.6 is 0 Å². The van der Waals surface area contributed by atoms with E-state index in [1.54, 1.807) is 12.4 Å². The summed E-state index contributed by atoms with van der Waals surface area (Å²) in [6.07, 6.45) is 26.3. The van der Waals surface area contributed by atoms with Crippen molar-refractivity contribution in [3.63, 3.8) is 0 Å². The first-order chi connectivity index (χ1) is 12.7. The van der Waals surface area contributed by atoms with E-state index in [2.05, 4.69) is 11.9 Å². The zero-order valence-electron chi connectivity index (χ0n) is 17.7. The first kappa shape index (κ1) is 23.4. The van der Waals surface area contributed by atoms with Gasteiger partial charge in [0.2, 0.25) is 5.84 Å². The largest absolute Gasteiger partial charge is 0.621 e. The third-order valence-corrected chi connectivity index (χ3v) is 5.69. The minimum atomic E-state index is -0.321. The van der Waals surface area contributed by atoms with E-state index in [1.165, 1.54) is 96.3 Å². The molecule has 0 aromatic carbocycles. The topological polar surface area (TPSA) is 35.4 Å². The van der Waals surface area contributed by atoms with Crippen molar-refractivity contribution in [1.82, 2.24) is 0 Å². The quantitative estimate of drug-likeness (QED) is 0.138. The molecule has 0 aromatic heterocycles. The maximum atomic E-state index is 12.3. The Morgan fingerprint density at radius 2 is 1.12 bits per heavy atom. The van der Waals surface area contributed by atoms with Gasteiger partial charge in [-0.2, -0.15) is 0 Å². The molecule has 1 unspecified atom stereocenters. The molecule has 0 bridgehead atoms. The number of hydrogen-bond acceptors (Lipinski definition) is 2. The number of unbranched alkanes of at least 4 members (excludes halogenated alkanes) is 15. The Balaban J connectivity index is 1.78. The van der Waals surface area contributed by atoms with Crippen LogP contribution in [0.15, 0.2) is 17.4 Å². The van der Waals surface area contributed by atoms with Crippen molar-refractivity contribution in [3.05, 3.63) is 17.6 Å². The highest BCUT2D eigenvalue weighted by Gasteiger charge is 2.23. The molecule has 3 nitrogen and oxygen atoms in total. The molecule has 26 heavy (non-hydrogen) atoms. The molecule has 0 saturated heterocycles. The fraction of sp³-hybridized carbons (Fsp3) is 0.870. The Labute approximate surface area is 163 Å². The van der Waals surface area contributed by atoms with Crippen LogP contribution in [0.4, 0.5) is 0 Å². The summed E-state index contributed by atoms with van der Waals surface area (Å²) < 4.78 is -0.321. The van der Waals surface area contributed by atoms with E-state index in [-0.39, 0.29) is 4.65 Å². The van der Waals surface area contributed by atoms with Crippen molar-refractivity contribution in [2.24, 2.45) is 4.99 Å². The van der Waals surface area contributed by atoms with Crippen LogP contribution < -0.4 is 0 Å². The number of rotatable bonds is 18. The molecule has 1 atom stereocenters. The molecule has 152 valence electrons. The van der Waals surface area contributed by atoms with Gasteiger partial charge in [0.25, 0.3) is 0 Å². The minimum Gasteiger partial charge on any atom is -0.621 e.